The first kappa shape index (κ1) is 14.3. The van der Waals surface area contributed by atoms with E-state index < -0.39 is 6.10 Å². The molecule has 2 aliphatic rings. The molecule has 0 radical (unpaired) electrons. The van der Waals surface area contributed by atoms with Crippen molar-refractivity contribution in [3.63, 3.8) is 0 Å². The van der Waals surface area contributed by atoms with Crippen LogP contribution in [-0.2, 0) is 9.59 Å². The molecule has 0 aromatic rings. The van der Waals surface area contributed by atoms with E-state index in [-0.39, 0.29) is 17.7 Å². The van der Waals surface area contributed by atoms with Gasteiger partial charge in [-0.05, 0) is 24.7 Å². The smallest absolute Gasteiger partial charge is 0.225 e. The lowest BCUT2D eigenvalue weighted by Gasteiger charge is -2.19. The van der Waals surface area contributed by atoms with E-state index in [4.69, 9.17) is 0 Å². The monoisotopic (exact) mass is 268 g/mol. The highest BCUT2D eigenvalue weighted by Gasteiger charge is 2.35. The number of carbonyl (C=O) groups is 2. The van der Waals surface area contributed by atoms with E-state index in [1.165, 1.54) is 0 Å². The van der Waals surface area contributed by atoms with E-state index in [2.05, 4.69) is 19.2 Å². The molecule has 19 heavy (non-hydrogen) atoms. The lowest BCUT2D eigenvalue weighted by atomic mass is 10.1. The predicted octanol–water partition coefficient (Wildman–Crippen LogP) is 0.378. The van der Waals surface area contributed by atoms with Gasteiger partial charge >= 0.3 is 0 Å². The van der Waals surface area contributed by atoms with Crippen molar-refractivity contribution in [3.05, 3.63) is 0 Å². The average molecular weight is 268 g/mol. The molecule has 0 spiro atoms. The van der Waals surface area contributed by atoms with Crippen molar-refractivity contribution >= 4 is 11.8 Å². The summed E-state index contributed by atoms with van der Waals surface area (Å²) in [4.78, 5) is 25.5. The molecule has 1 aliphatic heterocycles. The molecule has 1 aliphatic carbocycles. The number of nitrogens with one attached hydrogen (secondary N) is 1. The maximum atomic E-state index is 12.0. The van der Waals surface area contributed by atoms with Crippen LogP contribution >= 0.6 is 0 Å². The van der Waals surface area contributed by atoms with Crippen molar-refractivity contribution in [3.8, 4) is 0 Å². The number of nitrogens with zero attached hydrogens (tertiary/aromatic N) is 1. The van der Waals surface area contributed by atoms with Gasteiger partial charge in [0.2, 0.25) is 11.8 Å². The molecular weight excluding hydrogens is 244 g/mol. The molecule has 0 aromatic carbocycles. The van der Waals surface area contributed by atoms with Crippen LogP contribution < -0.4 is 5.32 Å². The molecule has 2 atom stereocenters. The maximum Gasteiger partial charge on any atom is 0.225 e. The van der Waals surface area contributed by atoms with Gasteiger partial charge in [-0.15, -0.1) is 0 Å². The Kier molecular flexibility index (Phi) is 4.45. The summed E-state index contributed by atoms with van der Waals surface area (Å²) in [7, 11) is 0. The van der Waals surface area contributed by atoms with Crippen LogP contribution in [0, 0.1) is 17.8 Å². The molecule has 5 heteroatoms. The first-order chi connectivity index (χ1) is 8.97. The summed E-state index contributed by atoms with van der Waals surface area (Å²) in [6, 6.07) is 0. The Morgan fingerprint density at radius 2 is 2.16 bits per heavy atom. The Morgan fingerprint density at radius 1 is 1.47 bits per heavy atom. The Morgan fingerprint density at radius 3 is 2.74 bits per heavy atom. The van der Waals surface area contributed by atoms with E-state index in [0.29, 0.717) is 37.9 Å². The highest BCUT2D eigenvalue weighted by Crippen LogP contribution is 2.32. The fourth-order valence-electron chi connectivity index (χ4n) is 2.56. The van der Waals surface area contributed by atoms with Gasteiger partial charge in [-0.1, -0.05) is 13.8 Å². The molecule has 2 rings (SSSR count). The molecule has 2 fully saturated rings. The molecule has 1 heterocycles. The number of rotatable bonds is 6. The second-order valence-electron chi connectivity index (χ2n) is 6.24. The van der Waals surface area contributed by atoms with E-state index in [0.717, 1.165) is 12.8 Å². The van der Waals surface area contributed by atoms with Crippen molar-refractivity contribution in [1.29, 1.82) is 0 Å². The first-order valence-electron chi connectivity index (χ1n) is 7.21. The Labute approximate surface area is 114 Å². The van der Waals surface area contributed by atoms with Crippen molar-refractivity contribution in [2.75, 3.05) is 19.6 Å². The van der Waals surface area contributed by atoms with Crippen LogP contribution in [0.25, 0.3) is 0 Å². The lowest BCUT2D eigenvalue weighted by molar-refractivity contribution is -0.129. The Hall–Kier alpha value is -1.10. The van der Waals surface area contributed by atoms with E-state index in [1.807, 2.05) is 0 Å². The van der Waals surface area contributed by atoms with Crippen LogP contribution in [0.15, 0.2) is 0 Å². The predicted molar refractivity (Wildman–Crippen MR) is 71.3 cm³/mol. The second kappa shape index (κ2) is 5.90. The third kappa shape index (κ3) is 3.93. The number of hydrogen-bond donors (Lipinski definition) is 2. The van der Waals surface area contributed by atoms with Crippen molar-refractivity contribution < 1.29 is 14.7 Å². The number of hydrogen-bond acceptors (Lipinski definition) is 3. The van der Waals surface area contributed by atoms with Crippen LogP contribution in [0.1, 0.15) is 33.1 Å². The third-order valence-electron chi connectivity index (χ3n) is 3.82. The van der Waals surface area contributed by atoms with Gasteiger partial charge < -0.3 is 15.3 Å². The van der Waals surface area contributed by atoms with Gasteiger partial charge in [-0.2, -0.15) is 0 Å². The molecule has 1 saturated carbocycles. The molecular formula is C14H24N2O3. The summed E-state index contributed by atoms with van der Waals surface area (Å²) in [5.74, 6) is 0.499. The van der Waals surface area contributed by atoms with Gasteiger partial charge in [0.1, 0.15) is 0 Å². The van der Waals surface area contributed by atoms with Gasteiger partial charge in [0.25, 0.3) is 0 Å². The SMILES string of the molecule is CC(C)CN1CC(C(=O)NCC(O)C2CC2)CC1=O. The summed E-state index contributed by atoms with van der Waals surface area (Å²) in [5, 5.41) is 12.5. The van der Waals surface area contributed by atoms with Crippen LogP contribution in [0.4, 0.5) is 0 Å². The van der Waals surface area contributed by atoms with Gasteiger partial charge in [-0.3, -0.25) is 9.59 Å². The highest BCUT2D eigenvalue weighted by molar-refractivity contribution is 5.89. The summed E-state index contributed by atoms with van der Waals surface area (Å²) in [6.07, 6.45) is 1.99. The van der Waals surface area contributed by atoms with Gasteiger partial charge in [0.05, 0.1) is 12.0 Å². The fourth-order valence-corrected chi connectivity index (χ4v) is 2.56. The zero-order chi connectivity index (χ0) is 14.0. The number of likely N-dealkylation sites (tertiary alicyclic amines) is 1. The zero-order valence-electron chi connectivity index (χ0n) is 11.8. The molecule has 2 N–H and O–H groups in total. The van der Waals surface area contributed by atoms with E-state index in [1.54, 1.807) is 4.90 Å². The average Bonchev–Trinajstić information content (AvgIpc) is 3.12. The molecule has 5 nitrogen and oxygen atoms in total. The molecule has 1 saturated heterocycles. The number of amides is 2. The highest BCUT2D eigenvalue weighted by atomic mass is 16.3. The number of carbonyl (C=O) groups excluding carboxylic acids is 2. The summed E-state index contributed by atoms with van der Waals surface area (Å²) >= 11 is 0. The van der Waals surface area contributed by atoms with Crippen molar-refractivity contribution in [1.82, 2.24) is 10.2 Å². The minimum absolute atomic E-state index is 0.0663. The lowest BCUT2D eigenvalue weighted by Crippen LogP contribution is -2.38. The standard InChI is InChI=1S/C14H24N2O3/c1-9(2)7-16-8-11(5-13(16)18)14(19)15-6-12(17)10-3-4-10/h9-12,17H,3-8H2,1-2H3,(H,15,19). The summed E-state index contributed by atoms with van der Waals surface area (Å²) in [5.41, 5.74) is 0. The van der Waals surface area contributed by atoms with Crippen LogP contribution in [0.2, 0.25) is 0 Å². The number of aliphatic hydroxyl groups excluding tert-OH is 1. The second-order valence-corrected chi connectivity index (χ2v) is 6.24. The fraction of sp³-hybridized carbons (Fsp3) is 0.857. The molecule has 0 aromatic heterocycles. The van der Waals surface area contributed by atoms with Gasteiger partial charge in [-0.25, -0.2) is 0 Å². The minimum Gasteiger partial charge on any atom is -0.391 e. The van der Waals surface area contributed by atoms with E-state index in [9.17, 15) is 14.7 Å². The topological polar surface area (TPSA) is 69.6 Å². The normalized spacial score (nSPS) is 24.9. The van der Waals surface area contributed by atoms with E-state index >= 15 is 0 Å². The molecule has 2 unspecified atom stereocenters. The van der Waals surface area contributed by atoms with Crippen molar-refractivity contribution in [2.45, 2.75) is 39.2 Å². The van der Waals surface area contributed by atoms with Gasteiger partial charge in [0.15, 0.2) is 0 Å². The number of aliphatic hydroxyl groups is 1. The van der Waals surface area contributed by atoms with Crippen LogP contribution in [0.5, 0.6) is 0 Å². The first-order valence-corrected chi connectivity index (χ1v) is 7.21. The molecule has 0 bridgehead atoms. The minimum atomic E-state index is -0.423. The molecule has 108 valence electrons. The van der Waals surface area contributed by atoms with Gasteiger partial charge in [0, 0.05) is 26.1 Å². The Bertz CT molecular complexity index is 353. The van der Waals surface area contributed by atoms with Crippen molar-refractivity contribution in [2.24, 2.45) is 17.8 Å². The summed E-state index contributed by atoms with van der Waals surface area (Å²) in [6.45, 7) is 5.67. The summed E-state index contributed by atoms with van der Waals surface area (Å²) < 4.78 is 0. The Balaban J connectivity index is 1.75. The quantitative estimate of drug-likeness (QED) is 0.731. The maximum absolute atomic E-state index is 12.0. The zero-order valence-corrected chi connectivity index (χ0v) is 11.8. The van der Waals surface area contributed by atoms with Crippen LogP contribution in [-0.4, -0.2) is 47.6 Å². The third-order valence-corrected chi connectivity index (χ3v) is 3.82. The largest absolute Gasteiger partial charge is 0.391 e. The molecule has 2 amide bonds. The van der Waals surface area contributed by atoms with Crippen LogP contribution in [0.3, 0.4) is 0 Å².